The minimum Gasteiger partial charge on any atom is -0.466 e. The fourth-order valence-electron chi connectivity index (χ4n) is 1.45. The van der Waals surface area contributed by atoms with E-state index in [0.717, 1.165) is 6.20 Å². The molecule has 0 radical (unpaired) electrons. The smallest absolute Gasteiger partial charge is 0.310 e. The highest BCUT2D eigenvalue weighted by molar-refractivity contribution is 5.73. The maximum atomic E-state index is 13.8. The topological polar surface area (TPSA) is 65.2 Å². The van der Waals surface area contributed by atoms with Gasteiger partial charge in [-0.15, -0.1) is 0 Å². The Morgan fingerprint density at radius 3 is 2.72 bits per heavy atom. The highest BCUT2D eigenvalue weighted by Crippen LogP contribution is 2.24. The average Bonchev–Trinajstić information content (AvgIpc) is 2.31. The molecule has 0 aromatic carbocycles. The number of ether oxygens (including phenoxy) is 1. The molecule has 1 aromatic rings. The van der Waals surface area contributed by atoms with E-state index in [2.05, 4.69) is 9.72 Å². The first-order chi connectivity index (χ1) is 8.51. The second-order valence-corrected chi connectivity index (χ2v) is 3.45. The number of rotatable bonds is 5. The molecule has 0 aliphatic rings. The van der Waals surface area contributed by atoms with Crippen molar-refractivity contribution in [3.63, 3.8) is 0 Å². The highest BCUT2D eigenvalue weighted by atomic mass is 19.3. The molecule has 18 heavy (non-hydrogen) atoms. The first kappa shape index (κ1) is 14.4. The van der Waals surface area contributed by atoms with Crippen LogP contribution in [-0.2, 0) is 22.5 Å². The van der Waals surface area contributed by atoms with Gasteiger partial charge in [0.1, 0.15) is 5.69 Å². The summed E-state index contributed by atoms with van der Waals surface area (Å²) in [5.41, 5.74) is 4.40. The lowest BCUT2D eigenvalue weighted by molar-refractivity contribution is -0.142. The second-order valence-electron chi connectivity index (χ2n) is 3.45. The van der Waals surface area contributed by atoms with E-state index in [4.69, 9.17) is 5.73 Å². The number of alkyl halides is 2. The van der Waals surface area contributed by atoms with E-state index in [1.165, 1.54) is 0 Å². The molecule has 0 bridgehead atoms. The van der Waals surface area contributed by atoms with E-state index >= 15 is 0 Å². The van der Waals surface area contributed by atoms with Gasteiger partial charge in [-0.1, -0.05) is 0 Å². The summed E-state index contributed by atoms with van der Waals surface area (Å²) in [7, 11) is 0. The van der Waals surface area contributed by atoms with Crippen LogP contribution in [0.25, 0.3) is 0 Å². The van der Waals surface area contributed by atoms with Crippen LogP contribution < -0.4 is 5.73 Å². The quantitative estimate of drug-likeness (QED) is 0.820. The largest absolute Gasteiger partial charge is 0.466 e. The molecule has 0 spiro atoms. The van der Waals surface area contributed by atoms with Gasteiger partial charge < -0.3 is 10.5 Å². The monoisotopic (exact) mass is 262 g/mol. The van der Waals surface area contributed by atoms with Crippen molar-refractivity contribution in [2.24, 2.45) is 5.73 Å². The van der Waals surface area contributed by atoms with Crippen molar-refractivity contribution in [1.29, 1.82) is 0 Å². The molecule has 1 heterocycles. The summed E-state index contributed by atoms with van der Waals surface area (Å²) in [6.45, 7) is 1.63. The Hall–Kier alpha value is -1.63. The number of carbonyl (C=O) groups excluding carboxylic acids is 1. The van der Waals surface area contributed by atoms with Crippen molar-refractivity contribution in [3.05, 3.63) is 28.8 Å². The van der Waals surface area contributed by atoms with Gasteiger partial charge in [0, 0.05) is 18.3 Å². The SMILES string of the molecule is CCOC(=O)Cc1c(CN)cnc(C(F)F)c1F. The molecule has 1 rings (SSSR count). The number of hydrogen-bond donors (Lipinski definition) is 1. The number of hydrogen-bond acceptors (Lipinski definition) is 4. The molecule has 2 N–H and O–H groups in total. The number of esters is 1. The summed E-state index contributed by atoms with van der Waals surface area (Å²) in [5.74, 6) is -1.89. The number of nitrogens with zero attached hydrogens (tertiary/aromatic N) is 1. The molecule has 0 fully saturated rings. The van der Waals surface area contributed by atoms with Crippen molar-refractivity contribution < 1.29 is 22.7 Å². The molecule has 0 amide bonds. The van der Waals surface area contributed by atoms with E-state index in [9.17, 15) is 18.0 Å². The summed E-state index contributed by atoms with van der Waals surface area (Å²) in [6.07, 6.45) is -2.43. The molecule has 100 valence electrons. The Morgan fingerprint density at radius 1 is 1.56 bits per heavy atom. The first-order valence-electron chi connectivity index (χ1n) is 5.31. The van der Waals surface area contributed by atoms with Crippen molar-refractivity contribution in [3.8, 4) is 0 Å². The van der Waals surface area contributed by atoms with Crippen molar-refractivity contribution in [2.75, 3.05) is 6.61 Å². The second kappa shape index (κ2) is 6.34. The van der Waals surface area contributed by atoms with Gasteiger partial charge in [-0.25, -0.2) is 13.2 Å². The van der Waals surface area contributed by atoms with Crippen LogP contribution in [-0.4, -0.2) is 17.6 Å². The van der Waals surface area contributed by atoms with E-state index in [1.54, 1.807) is 6.92 Å². The minimum atomic E-state index is -3.04. The molecular weight excluding hydrogens is 249 g/mol. The predicted octanol–water partition coefficient (Wildman–Crippen LogP) is 1.72. The van der Waals surface area contributed by atoms with Crippen LogP contribution >= 0.6 is 0 Å². The van der Waals surface area contributed by atoms with Crippen LogP contribution in [0, 0.1) is 5.82 Å². The molecule has 1 aromatic heterocycles. The molecular formula is C11H13F3N2O2. The predicted molar refractivity (Wildman–Crippen MR) is 57.4 cm³/mol. The molecule has 7 heteroatoms. The van der Waals surface area contributed by atoms with Gasteiger partial charge in [0.05, 0.1) is 13.0 Å². The van der Waals surface area contributed by atoms with Crippen LogP contribution in [0.4, 0.5) is 13.2 Å². The maximum absolute atomic E-state index is 13.8. The Bertz CT molecular complexity index is 439. The number of nitrogens with two attached hydrogens (primary N) is 1. The zero-order valence-electron chi connectivity index (χ0n) is 9.75. The number of aromatic nitrogens is 1. The standard InChI is InChI=1S/C11H13F3N2O2/c1-2-18-8(17)3-7-6(4-15)5-16-10(9(7)12)11(13)14/h5,11H,2-4,15H2,1H3. The normalized spacial score (nSPS) is 10.8. The van der Waals surface area contributed by atoms with Crippen LogP contribution in [0.2, 0.25) is 0 Å². The lowest BCUT2D eigenvalue weighted by Gasteiger charge is -2.11. The first-order valence-corrected chi connectivity index (χ1v) is 5.31. The van der Waals surface area contributed by atoms with Crippen molar-refractivity contribution in [2.45, 2.75) is 26.3 Å². The van der Waals surface area contributed by atoms with E-state index in [-0.39, 0.29) is 24.3 Å². The maximum Gasteiger partial charge on any atom is 0.310 e. The number of pyridine rings is 1. The number of halogens is 3. The summed E-state index contributed by atoms with van der Waals surface area (Å²) in [4.78, 5) is 14.6. The third kappa shape index (κ3) is 3.19. The van der Waals surface area contributed by atoms with E-state index in [1.807, 2.05) is 0 Å². The molecule has 0 aliphatic heterocycles. The molecule has 4 nitrogen and oxygen atoms in total. The minimum absolute atomic E-state index is 0.0951. The van der Waals surface area contributed by atoms with Crippen LogP contribution in [0.3, 0.4) is 0 Å². The van der Waals surface area contributed by atoms with Gasteiger partial charge in [-0.3, -0.25) is 9.78 Å². The number of carbonyl (C=O) groups is 1. The fraction of sp³-hybridized carbons (Fsp3) is 0.455. The van der Waals surface area contributed by atoms with Gasteiger partial charge in [-0.05, 0) is 12.5 Å². The van der Waals surface area contributed by atoms with Gasteiger partial charge in [-0.2, -0.15) is 0 Å². The summed E-state index contributed by atoms with van der Waals surface area (Å²) < 4.78 is 43.4. The molecule has 0 saturated heterocycles. The zero-order chi connectivity index (χ0) is 13.7. The summed E-state index contributed by atoms with van der Waals surface area (Å²) in [6, 6.07) is 0. The lowest BCUT2D eigenvalue weighted by Crippen LogP contribution is -2.15. The Labute approximate surface area is 102 Å². The van der Waals surface area contributed by atoms with E-state index < -0.39 is 30.3 Å². The fourth-order valence-corrected chi connectivity index (χ4v) is 1.45. The molecule has 0 aliphatic carbocycles. The zero-order valence-corrected chi connectivity index (χ0v) is 9.75. The van der Waals surface area contributed by atoms with E-state index in [0.29, 0.717) is 0 Å². The van der Waals surface area contributed by atoms with Gasteiger partial charge in [0.2, 0.25) is 0 Å². The molecule has 0 unspecified atom stereocenters. The third-order valence-corrected chi connectivity index (χ3v) is 2.29. The van der Waals surface area contributed by atoms with Crippen LogP contribution in [0.1, 0.15) is 30.2 Å². The van der Waals surface area contributed by atoms with Crippen molar-refractivity contribution >= 4 is 5.97 Å². The average molecular weight is 262 g/mol. The Balaban J connectivity index is 3.13. The molecule has 0 saturated carbocycles. The van der Waals surface area contributed by atoms with Gasteiger partial charge in [0.25, 0.3) is 6.43 Å². The highest BCUT2D eigenvalue weighted by Gasteiger charge is 2.22. The van der Waals surface area contributed by atoms with Crippen LogP contribution in [0.15, 0.2) is 6.20 Å². The summed E-state index contributed by atoms with van der Waals surface area (Å²) in [5, 5.41) is 0. The third-order valence-electron chi connectivity index (χ3n) is 2.29. The van der Waals surface area contributed by atoms with Gasteiger partial charge >= 0.3 is 5.97 Å². The summed E-state index contributed by atoms with van der Waals surface area (Å²) >= 11 is 0. The Kier molecular flexibility index (Phi) is 5.08. The van der Waals surface area contributed by atoms with Gasteiger partial charge in [0.15, 0.2) is 5.82 Å². The van der Waals surface area contributed by atoms with Crippen LogP contribution in [0.5, 0.6) is 0 Å². The van der Waals surface area contributed by atoms with Crippen molar-refractivity contribution in [1.82, 2.24) is 4.98 Å². The lowest BCUT2D eigenvalue weighted by atomic mass is 10.0. The molecule has 0 atom stereocenters. The Morgan fingerprint density at radius 2 is 2.22 bits per heavy atom.